The van der Waals surface area contributed by atoms with Gasteiger partial charge in [0.25, 0.3) is 5.91 Å². The molecular formula is C30H28Cl2N2O6S. The van der Waals surface area contributed by atoms with Crippen LogP contribution in [0.4, 0.5) is 5.69 Å². The Bertz CT molecular complexity index is 1620. The number of aryl methyl sites for hydroxylation is 1. The van der Waals surface area contributed by atoms with E-state index in [1.54, 1.807) is 73.7 Å². The van der Waals surface area contributed by atoms with Crippen LogP contribution in [-0.2, 0) is 29.5 Å². The van der Waals surface area contributed by atoms with Gasteiger partial charge in [0.2, 0.25) is 10.0 Å². The number of nitrogens with zero attached hydrogens (tertiary/aromatic N) is 2. The SMILES string of the molecule is CCN(c1ccc(Cl)cc1CN(Cc1ccco1)C(=O)c1ccccc1Cl)S(=O)(=O)CCc1ccc(C(=O)O)cc1. The third-order valence-corrected chi connectivity index (χ3v) is 8.87. The number of carboxylic acid groups (broad SMARTS) is 1. The fourth-order valence-corrected chi connectivity index (χ4v) is 6.41. The summed E-state index contributed by atoms with van der Waals surface area (Å²) in [4.78, 5) is 26.3. The normalized spacial score (nSPS) is 11.3. The van der Waals surface area contributed by atoms with Crippen molar-refractivity contribution in [3.63, 3.8) is 0 Å². The molecule has 0 unspecified atom stereocenters. The molecule has 214 valence electrons. The minimum absolute atomic E-state index is 0.0311. The van der Waals surface area contributed by atoms with Gasteiger partial charge in [0.05, 0.1) is 40.4 Å². The Morgan fingerprint density at radius 1 is 0.927 bits per heavy atom. The zero-order valence-corrected chi connectivity index (χ0v) is 24.5. The van der Waals surface area contributed by atoms with Crippen LogP contribution in [-0.4, -0.2) is 42.6 Å². The largest absolute Gasteiger partial charge is 0.478 e. The maximum Gasteiger partial charge on any atom is 0.335 e. The highest BCUT2D eigenvalue weighted by Gasteiger charge is 2.26. The molecule has 8 nitrogen and oxygen atoms in total. The van der Waals surface area contributed by atoms with Crippen molar-refractivity contribution in [2.45, 2.75) is 26.4 Å². The molecule has 0 bridgehead atoms. The summed E-state index contributed by atoms with van der Waals surface area (Å²) in [6, 6.07) is 21.2. The molecule has 4 rings (SSSR count). The average Bonchev–Trinajstić information content (AvgIpc) is 3.46. The molecule has 11 heteroatoms. The summed E-state index contributed by atoms with van der Waals surface area (Å²) >= 11 is 12.7. The van der Waals surface area contributed by atoms with Crippen molar-refractivity contribution in [1.29, 1.82) is 0 Å². The maximum absolute atomic E-state index is 13.7. The highest BCUT2D eigenvalue weighted by atomic mass is 35.5. The quantitative estimate of drug-likeness (QED) is 0.194. The van der Waals surface area contributed by atoms with Gasteiger partial charge in [0.15, 0.2) is 0 Å². The molecule has 1 aromatic heterocycles. The van der Waals surface area contributed by atoms with Crippen LogP contribution in [0.5, 0.6) is 0 Å². The number of anilines is 1. The lowest BCUT2D eigenvalue weighted by Crippen LogP contribution is -2.36. The molecule has 4 aromatic rings. The van der Waals surface area contributed by atoms with E-state index in [-0.39, 0.29) is 43.3 Å². The van der Waals surface area contributed by atoms with Gasteiger partial charge in [-0.3, -0.25) is 9.10 Å². The first-order chi connectivity index (χ1) is 19.6. The van der Waals surface area contributed by atoms with Crippen LogP contribution in [0.15, 0.2) is 89.5 Å². The molecule has 0 fully saturated rings. The number of furan rings is 1. The van der Waals surface area contributed by atoms with Crippen molar-refractivity contribution in [3.05, 3.63) is 123 Å². The first-order valence-electron chi connectivity index (χ1n) is 12.8. The minimum atomic E-state index is -3.82. The van der Waals surface area contributed by atoms with Crippen LogP contribution in [0.1, 0.15) is 44.5 Å². The number of rotatable bonds is 12. The lowest BCUT2D eigenvalue weighted by molar-refractivity contribution is 0.0694. The third-order valence-electron chi connectivity index (χ3n) is 6.46. The first-order valence-corrected chi connectivity index (χ1v) is 15.1. The Labute approximate surface area is 248 Å². The predicted molar refractivity (Wildman–Crippen MR) is 159 cm³/mol. The van der Waals surface area contributed by atoms with Crippen LogP contribution in [0, 0.1) is 0 Å². The molecule has 0 radical (unpaired) electrons. The van der Waals surface area contributed by atoms with Crippen molar-refractivity contribution in [3.8, 4) is 0 Å². The number of carbonyl (C=O) groups is 2. The number of carboxylic acids is 1. The van der Waals surface area contributed by atoms with Crippen molar-refractivity contribution in [1.82, 2.24) is 4.90 Å². The summed E-state index contributed by atoms with van der Waals surface area (Å²) in [5, 5.41) is 9.79. The topological polar surface area (TPSA) is 108 Å². The summed E-state index contributed by atoms with van der Waals surface area (Å²) in [5.41, 5.74) is 2.05. The number of halogens is 2. The van der Waals surface area contributed by atoms with Crippen molar-refractivity contribution < 1.29 is 27.5 Å². The van der Waals surface area contributed by atoms with Gasteiger partial charge in [-0.05, 0) is 79.1 Å². The van der Waals surface area contributed by atoms with E-state index < -0.39 is 16.0 Å². The highest BCUT2D eigenvalue weighted by molar-refractivity contribution is 7.92. The Morgan fingerprint density at radius 3 is 2.29 bits per heavy atom. The molecule has 3 aromatic carbocycles. The summed E-state index contributed by atoms with van der Waals surface area (Å²) in [6.07, 6.45) is 1.70. The number of benzene rings is 3. The zero-order valence-electron chi connectivity index (χ0n) is 22.2. The molecule has 0 aliphatic rings. The van der Waals surface area contributed by atoms with Gasteiger partial charge in [-0.25, -0.2) is 13.2 Å². The average molecular weight is 616 g/mol. The molecule has 0 spiro atoms. The Kier molecular flexibility index (Phi) is 9.75. The molecule has 1 N–H and O–H groups in total. The van der Waals surface area contributed by atoms with Gasteiger partial charge < -0.3 is 14.4 Å². The molecular weight excluding hydrogens is 587 g/mol. The second-order valence-corrected chi connectivity index (χ2v) is 12.1. The van der Waals surface area contributed by atoms with Crippen LogP contribution >= 0.6 is 23.2 Å². The number of hydrogen-bond acceptors (Lipinski definition) is 5. The van der Waals surface area contributed by atoms with Gasteiger partial charge >= 0.3 is 5.97 Å². The Morgan fingerprint density at radius 2 is 1.66 bits per heavy atom. The van der Waals surface area contributed by atoms with E-state index in [0.29, 0.717) is 38.2 Å². The van der Waals surface area contributed by atoms with Crippen molar-refractivity contribution in [2.24, 2.45) is 0 Å². The van der Waals surface area contributed by atoms with Crippen LogP contribution in [0.25, 0.3) is 0 Å². The Hall–Kier alpha value is -3.79. The molecule has 0 atom stereocenters. The van der Waals surface area contributed by atoms with E-state index in [2.05, 4.69) is 0 Å². The first kappa shape index (κ1) is 30.2. The van der Waals surface area contributed by atoms with Gasteiger partial charge in [-0.1, -0.05) is 47.5 Å². The summed E-state index contributed by atoms with van der Waals surface area (Å²) in [7, 11) is -3.82. The number of sulfonamides is 1. The number of hydrogen-bond donors (Lipinski definition) is 1. The van der Waals surface area contributed by atoms with E-state index in [1.165, 1.54) is 27.6 Å². The summed E-state index contributed by atoms with van der Waals surface area (Å²) in [5.74, 6) is -1.06. The van der Waals surface area contributed by atoms with Gasteiger partial charge in [0, 0.05) is 18.1 Å². The number of amides is 1. The van der Waals surface area contributed by atoms with Crippen molar-refractivity contribution in [2.75, 3.05) is 16.6 Å². The number of aromatic carboxylic acids is 1. The van der Waals surface area contributed by atoms with E-state index in [9.17, 15) is 18.0 Å². The molecule has 0 aliphatic heterocycles. The molecule has 41 heavy (non-hydrogen) atoms. The summed E-state index contributed by atoms with van der Waals surface area (Å²) in [6.45, 7) is 2.02. The highest BCUT2D eigenvalue weighted by Crippen LogP contribution is 2.30. The molecule has 0 aliphatic carbocycles. The molecule has 1 amide bonds. The standard InChI is InChI=1S/C30H28Cl2N2O6S/c1-2-34(41(38,39)17-15-21-9-11-22(12-10-21)30(36)37)28-14-13-24(31)18-23(28)19-33(20-25-6-5-16-40-25)29(35)26-7-3-4-8-27(26)32/h3-14,16,18H,2,15,17,19-20H2,1H3,(H,36,37). The minimum Gasteiger partial charge on any atom is -0.478 e. The van der Waals surface area contributed by atoms with E-state index in [0.717, 1.165) is 0 Å². The van der Waals surface area contributed by atoms with Crippen LogP contribution in [0.3, 0.4) is 0 Å². The van der Waals surface area contributed by atoms with E-state index in [1.807, 2.05) is 0 Å². The maximum atomic E-state index is 13.7. The fraction of sp³-hybridized carbons (Fsp3) is 0.200. The second-order valence-electron chi connectivity index (χ2n) is 9.23. The van der Waals surface area contributed by atoms with Crippen LogP contribution in [0.2, 0.25) is 10.0 Å². The second kappa shape index (κ2) is 13.2. The lowest BCUT2D eigenvalue weighted by Gasteiger charge is -2.28. The Balaban J connectivity index is 1.64. The molecule has 0 saturated heterocycles. The smallest absolute Gasteiger partial charge is 0.335 e. The number of carbonyl (C=O) groups excluding carboxylic acids is 1. The fourth-order valence-electron chi connectivity index (χ4n) is 4.41. The zero-order chi connectivity index (χ0) is 29.6. The summed E-state index contributed by atoms with van der Waals surface area (Å²) < 4.78 is 33.9. The van der Waals surface area contributed by atoms with Crippen molar-refractivity contribution >= 4 is 50.8 Å². The predicted octanol–water partition coefficient (Wildman–Crippen LogP) is 6.53. The van der Waals surface area contributed by atoms with Gasteiger partial charge in [-0.2, -0.15) is 0 Å². The van der Waals surface area contributed by atoms with Gasteiger partial charge in [0.1, 0.15) is 5.76 Å². The molecule has 0 saturated carbocycles. The monoisotopic (exact) mass is 614 g/mol. The van der Waals surface area contributed by atoms with Gasteiger partial charge in [-0.15, -0.1) is 0 Å². The van der Waals surface area contributed by atoms with Crippen LogP contribution < -0.4 is 4.31 Å². The molecule has 1 heterocycles. The van der Waals surface area contributed by atoms with E-state index in [4.69, 9.17) is 32.7 Å². The van der Waals surface area contributed by atoms with E-state index >= 15 is 0 Å². The lowest BCUT2D eigenvalue weighted by atomic mass is 10.1. The third kappa shape index (κ3) is 7.49.